The Morgan fingerprint density at radius 2 is 2.38 bits per heavy atom. The number of hydrogen-bond donors (Lipinski definition) is 1. The number of nitrogens with one attached hydrogen (secondary N) is 1. The molecule has 1 fully saturated rings. The van der Waals surface area contributed by atoms with Crippen LogP contribution in [0.1, 0.15) is 18.4 Å². The molecule has 1 atom stereocenters. The fraction of sp³-hybridized carbons (Fsp3) is 0.263. The number of anilines is 1. The van der Waals surface area contributed by atoms with Crippen LogP contribution in [0.25, 0.3) is 0 Å². The summed E-state index contributed by atoms with van der Waals surface area (Å²) in [6.07, 6.45) is 7.62. The SMILES string of the molecule is N#Cc1ccnc(NC(=O)C2=CSCC(C3=CC4CCOC4=CC3)=N2)c1. The Kier molecular flexibility index (Phi) is 4.59. The van der Waals surface area contributed by atoms with Crippen molar-refractivity contribution in [3.8, 4) is 6.07 Å². The number of nitriles is 1. The van der Waals surface area contributed by atoms with Gasteiger partial charge in [0.25, 0.3) is 5.91 Å². The van der Waals surface area contributed by atoms with E-state index in [1.54, 1.807) is 23.2 Å². The summed E-state index contributed by atoms with van der Waals surface area (Å²) in [6, 6.07) is 5.15. The van der Waals surface area contributed by atoms with E-state index in [1.165, 1.54) is 17.8 Å². The van der Waals surface area contributed by atoms with Crippen LogP contribution in [-0.2, 0) is 9.53 Å². The first-order valence-corrected chi connectivity index (χ1v) is 9.38. The van der Waals surface area contributed by atoms with E-state index in [1.807, 2.05) is 6.07 Å². The van der Waals surface area contributed by atoms with Crippen molar-refractivity contribution < 1.29 is 9.53 Å². The Bertz CT molecular complexity index is 924. The third-order valence-electron chi connectivity index (χ3n) is 4.39. The van der Waals surface area contributed by atoms with Crippen molar-refractivity contribution in [1.29, 1.82) is 5.26 Å². The maximum atomic E-state index is 12.5. The first kappa shape index (κ1) is 16.6. The van der Waals surface area contributed by atoms with Crippen LogP contribution in [0, 0.1) is 17.2 Å². The van der Waals surface area contributed by atoms with Crippen molar-refractivity contribution in [2.45, 2.75) is 12.8 Å². The molecular weight excluding hydrogens is 348 g/mol. The Labute approximate surface area is 155 Å². The van der Waals surface area contributed by atoms with Gasteiger partial charge in [0.15, 0.2) is 0 Å². The summed E-state index contributed by atoms with van der Waals surface area (Å²) in [4.78, 5) is 21.1. The maximum absolute atomic E-state index is 12.5. The highest BCUT2D eigenvalue weighted by Gasteiger charge is 2.26. The molecule has 1 saturated heterocycles. The molecule has 0 radical (unpaired) electrons. The lowest BCUT2D eigenvalue weighted by atomic mass is 9.92. The van der Waals surface area contributed by atoms with Gasteiger partial charge in [-0.05, 0) is 36.6 Å². The third-order valence-corrected chi connectivity index (χ3v) is 5.22. The number of allylic oxidation sites excluding steroid dienone is 3. The number of rotatable bonds is 3. The molecule has 3 aliphatic rings. The minimum Gasteiger partial charge on any atom is -0.498 e. The number of aromatic nitrogens is 1. The third kappa shape index (κ3) is 3.41. The average Bonchev–Trinajstić information content (AvgIpc) is 3.16. The van der Waals surface area contributed by atoms with Gasteiger partial charge in [-0.2, -0.15) is 5.26 Å². The Hall–Kier alpha value is -2.85. The molecule has 7 heteroatoms. The topological polar surface area (TPSA) is 87.4 Å². The predicted octanol–water partition coefficient (Wildman–Crippen LogP) is 3.17. The van der Waals surface area contributed by atoms with E-state index in [2.05, 4.69) is 27.4 Å². The van der Waals surface area contributed by atoms with Crippen LogP contribution < -0.4 is 5.32 Å². The number of carbonyl (C=O) groups is 1. The summed E-state index contributed by atoms with van der Waals surface area (Å²) in [7, 11) is 0. The largest absolute Gasteiger partial charge is 0.498 e. The fourth-order valence-corrected chi connectivity index (χ4v) is 3.89. The van der Waals surface area contributed by atoms with E-state index in [-0.39, 0.29) is 5.91 Å². The summed E-state index contributed by atoms with van der Waals surface area (Å²) >= 11 is 1.56. The lowest BCUT2D eigenvalue weighted by molar-refractivity contribution is -0.112. The Balaban J connectivity index is 1.49. The molecule has 1 aromatic heterocycles. The molecule has 6 nitrogen and oxygen atoms in total. The van der Waals surface area contributed by atoms with Gasteiger partial charge in [0.05, 0.1) is 29.7 Å². The van der Waals surface area contributed by atoms with Crippen molar-refractivity contribution in [2.75, 3.05) is 17.7 Å². The van der Waals surface area contributed by atoms with E-state index in [0.717, 1.165) is 36.7 Å². The smallest absolute Gasteiger partial charge is 0.275 e. The number of thioether (sulfide) groups is 1. The van der Waals surface area contributed by atoms with E-state index < -0.39 is 0 Å². The van der Waals surface area contributed by atoms with Crippen molar-refractivity contribution in [3.63, 3.8) is 0 Å². The molecule has 0 saturated carbocycles. The number of nitrogens with zero attached hydrogens (tertiary/aromatic N) is 3. The summed E-state index contributed by atoms with van der Waals surface area (Å²) in [5.74, 6) is 2.17. The summed E-state index contributed by atoms with van der Waals surface area (Å²) in [5, 5.41) is 13.4. The molecule has 1 unspecified atom stereocenters. The second-order valence-electron chi connectivity index (χ2n) is 6.11. The second-order valence-corrected chi connectivity index (χ2v) is 6.97. The molecule has 0 aromatic carbocycles. The molecular formula is C19H16N4O2S. The molecule has 0 bridgehead atoms. The highest BCUT2D eigenvalue weighted by atomic mass is 32.2. The van der Waals surface area contributed by atoms with Gasteiger partial charge in [-0.1, -0.05) is 6.08 Å². The molecule has 130 valence electrons. The van der Waals surface area contributed by atoms with Crippen molar-refractivity contribution in [3.05, 3.63) is 58.5 Å². The Morgan fingerprint density at radius 1 is 1.46 bits per heavy atom. The van der Waals surface area contributed by atoms with Gasteiger partial charge in [0, 0.05) is 23.3 Å². The minimum absolute atomic E-state index is 0.325. The molecule has 1 amide bonds. The van der Waals surface area contributed by atoms with Gasteiger partial charge >= 0.3 is 0 Å². The van der Waals surface area contributed by atoms with Gasteiger partial charge < -0.3 is 10.1 Å². The highest BCUT2D eigenvalue weighted by Crippen LogP contribution is 2.34. The quantitative estimate of drug-likeness (QED) is 0.890. The van der Waals surface area contributed by atoms with E-state index in [4.69, 9.17) is 10.00 Å². The minimum atomic E-state index is -0.325. The normalized spacial score (nSPS) is 21.3. The van der Waals surface area contributed by atoms with E-state index >= 15 is 0 Å². The second kappa shape index (κ2) is 7.18. The summed E-state index contributed by atoms with van der Waals surface area (Å²) in [5.41, 5.74) is 2.90. The van der Waals surface area contributed by atoms with Crippen molar-refractivity contribution in [2.24, 2.45) is 10.9 Å². The zero-order chi connectivity index (χ0) is 17.9. The molecule has 1 aromatic rings. The van der Waals surface area contributed by atoms with Crippen LogP contribution in [0.2, 0.25) is 0 Å². The molecule has 26 heavy (non-hydrogen) atoms. The highest BCUT2D eigenvalue weighted by molar-refractivity contribution is 8.02. The van der Waals surface area contributed by atoms with E-state index in [0.29, 0.717) is 23.0 Å². The lowest BCUT2D eigenvalue weighted by Crippen LogP contribution is -2.19. The Morgan fingerprint density at radius 3 is 3.27 bits per heavy atom. The number of pyridine rings is 1. The van der Waals surface area contributed by atoms with Crippen LogP contribution >= 0.6 is 11.8 Å². The van der Waals surface area contributed by atoms with E-state index in [9.17, 15) is 4.79 Å². The van der Waals surface area contributed by atoms with Gasteiger partial charge in [0.1, 0.15) is 11.5 Å². The zero-order valence-corrected chi connectivity index (χ0v) is 14.8. The molecule has 4 rings (SSSR count). The monoisotopic (exact) mass is 364 g/mol. The van der Waals surface area contributed by atoms with Crippen LogP contribution in [0.4, 0.5) is 5.82 Å². The standard InChI is InChI=1S/C19H16N4O2S/c20-9-12-3-5-21-18(7-12)23-19(24)16-11-26-10-15(22-16)13-1-2-17-14(8-13)4-6-25-17/h2-3,5,7-8,11,14H,1,4,6,10H2,(H,21,23,24). The summed E-state index contributed by atoms with van der Waals surface area (Å²) in [6.45, 7) is 0.768. The van der Waals surface area contributed by atoms with Crippen molar-refractivity contribution in [1.82, 2.24) is 4.98 Å². The number of ether oxygens (including phenoxy) is 1. The number of hydrogen-bond acceptors (Lipinski definition) is 6. The van der Waals surface area contributed by atoms with Gasteiger partial charge in [-0.15, -0.1) is 11.8 Å². The van der Waals surface area contributed by atoms with Crippen LogP contribution in [0.5, 0.6) is 0 Å². The number of carbonyl (C=O) groups excluding carboxylic acids is 1. The van der Waals surface area contributed by atoms with Gasteiger partial charge in [-0.25, -0.2) is 9.98 Å². The predicted molar refractivity (Wildman–Crippen MR) is 100 cm³/mol. The van der Waals surface area contributed by atoms with Crippen LogP contribution in [0.3, 0.4) is 0 Å². The first-order valence-electron chi connectivity index (χ1n) is 8.33. The molecule has 3 heterocycles. The van der Waals surface area contributed by atoms with Gasteiger partial charge in [0.2, 0.25) is 0 Å². The molecule has 1 aliphatic carbocycles. The fourth-order valence-electron chi connectivity index (χ4n) is 3.09. The number of amides is 1. The first-order chi connectivity index (χ1) is 12.7. The molecule has 0 spiro atoms. The van der Waals surface area contributed by atoms with Crippen LogP contribution in [0.15, 0.2) is 57.9 Å². The number of aliphatic imine (C=N–C) groups is 1. The lowest BCUT2D eigenvalue weighted by Gasteiger charge is -2.19. The molecule has 1 N–H and O–H groups in total. The average molecular weight is 364 g/mol. The van der Waals surface area contributed by atoms with Crippen LogP contribution in [-0.4, -0.2) is 29.0 Å². The maximum Gasteiger partial charge on any atom is 0.275 e. The number of fused-ring (bicyclic) bond motifs is 1. The van der Waals surface area contributed by atoms with Gasteiger partial charge in [-0.3, -0.25) is 4.79 Å². The van der Waals surface area contributed by atoms with Crippen molar-refractivity contribution >= 4 is 29.2 Å². The molecule has 2 aliphatic heterocycles. The zero-order valence-electron chi connectivity index (χ0n) is 13.9. The summed E-state index contributed by atoms with van der Waals surface area (Å²) < 4.78 is 5.60.